The molecule has 2 rings (SSSR count). The van der Waals surface area contributed by atoms with Crippen molar-refractivity contribution in [1.29, 1.82) is 0 Å². The summed E-state index contributed by atoms with van der Waals surface area (Å²) in [5.41, 5.74) is 5.03. The largest absolute Gasteiger partial charge is 0.340 e. The predicted molar refractivity (Wildman–Crippen MR) is 95.9 cm³/mol. The van der Waals surface area contributed by atoms with Crippen molar-refractivity contribution in [3.8, 4) is 0 Å². The SMILES string of the molecule is CCCS(=O)(=O)Nc1ccc(Nc2c(C)cc(C)cc2C)nc1. The fourth-order valence-electron chi connectivity index (χ4n) is 2.53. The first kappa shape index (κ1) is 17.3. The zero-order valence-corrected chi connectivity index (χ0v) is 14.8. The maximum absolute atomic E-state index is 11.7. The molecule has 0 saturated heterocycles. The van der Waals surface area contributed by atoms with Gasteiger partial charge >= 0.3 is 0 Å². The summed E-state index contributed by atoms with van der Waals surface area (Å²) in [5, 5.41) is 3.29. The van der Waals surface area contributed by atoms with Crippen molar-refractivity contribution in [2.24, 2.45) is 0 Å². The number of aryl methyl sites for hydroxylation is 3. The van der Waals surface area contributed by atoms with Crippen molar-refractivity contribution in [2.45, 2.75) is 34.1 Å². The number of sulfonamides is 1. The van der Waals surface area contributed by atoms with Gasteiger partial charge in [0.15, 0.2) is 0 Å². The van der Waals surface area contributed by atoms with Gasteiger partial charge < -0.3 is 5.32 Å². The molecule has 0 spiro atoms. The molecule has 0 radical (unpaired) electrons. The Labute approximate surface area is 138 Å². The molecule has 1 heterocycles. The Morgan fingerprint density at radius 2 is 1.74 bits per heavy atom. The number of hydrogen-bond donors (Lipinski definition) is 2. The summed E-state index contributed by atoms with van der Waals surface area (Å²) in [6.07, 6.45) is 2.10. The van der Waals surface area contributed by atoms with E-state index in [9.17, 15) is 8.42 Å². The Balaban J connectivity index is 2.15. The van der Waals surface area contributed by atoms with Gasteiger partial charge in [0.2, 0.25) is 10.0 Å². The van der Waals surface area contributed by atoms with Crippen LogP contribution in [0.25, 0.3) is 0 Å². The zero-order valence-electron chi connectivity index (χ0n) is 14.0. The Morgan fingerprint density at radius 1 is 1.09 bits per heavy atom. The number of rotatable bonds is 6. The third-order valence-electron chi connectivity index (χ3n) is 3.44. The molecule has 0 saturated carbocycles. The van der Waals surface area contributed by atoms with E-state index in [1.165, 1.54) is 11.8 Å². The lowest BCUT2D eigenvalue weighted by Crippen LogP contribution is -2.16. The van der Waals surface area contributed by atoms with Crippen LogP contribution in [-0.2, 0) is 10.0 Å². The van der Waals surface area contributed by atoms with Crippen LogP contribution in [-0.4, -0.2) is 19.2 Å². The van der Waals surface area contributed by atoms with Crippen LogP contribution >= 0.6 is 0 Å². The Kier molecular flexibility index (Phi) is 5.26. The van der Waals surface area contributed by atoms with Crippen molar-refractivity contribution >= 4 is 27.2 Å². The van der Waals surface area contributed by atoms with E-state index in [1.54, 1.807) is 12.1 Å². The van der Waals surface area contributed by atoms with E-state index >= 15 is 0 Å². The third kappa shape index (κ3) is 4.69. The molecule has 6 heteroatoms. The Hall–Kier alpha value is -2.08. The molecule has 0 aliphatic heterocycles. The maximum Gasteiger partial charge on any atom is 0.232 e. The van der Waals surface area contributed by atoms with E-state index in [-0.39, 0.29) is 5.75 Å². The summed E-state index contributed by atoms with van der Waals surface area (Å²) < 4.78 is 26.0. The van der Waals surface area contributed by atoms with Crippen LogP contribution in [0, 0.1) is 20.8 Å². The summed E-state index contributed by atoms with van der Waals surface area (Å²) >= 11 is 0. The average molecular weight is 333 g/mol. The summed E-state index contributed by atoms with van der Waals surface area (Å²) in [4.78, 5) is 4.28. The zero-order chi connectivity index (χ0) is 17.0. The van der Waals surface area contributed by atoms with Crippen molar-refractivity contribution in [3.63, 3.8) is 0 Å². The van der Waals surface area contributed by atoms with Gasteiger partial charge in [0.25, 0.3) is 0 Å². The highest BCUT2D eigenvalue weighted by Gasteiger charge is 2.09. The average Bonchev–Trinajstić information content (AvgIpc) is 2.44. The smallest absolute Gasteiger partial charge is 0.232 e. The minimum atomic E-state index is -3.29. The molecule has 0 bridgehead atoms. The molecular weight excluding hydrogens is 310 g/mol. The fourth-order valence-corrected chi connectivity index (χ4v) is 3.65. The third-order valence-corrected chi connectivity index (χ3v) is 4.93. The first-order valence-electron chi connectivity index (χ1n) is 7.62. The van der Waals surface area contributed by atoms with E-state index in [1.807, 2.05) is 6.92 Å². The molecule has 0 aliphatic rings. The van der Waals surface area contributed by atoms with Crippen LogP contribution in [0.5, 0.6) is 0 Å². The van der Waals surface area contributed by atoms with Gasteiger partial charge in [-0.3, -0.25) is 4.72 Å². The highest BCUT2D eigenvalue weighted by Crippen LogP contribution is 2.25. The van der Waals surface area contributed by atoms with Crippen molar-refractivity contribution in [2.75, 3.05) is 15.8 Å². The number of nitrogens with one attached hydrogen (secondary N) is 2. The first-order valence-corrected chi connectivity index (χ1v) is 9.27. The van der Waals surface area contributed by atoms with Crippen molar-refractivity contribution in [1.82, 2.24) is 4.98 Å². The van der Waals surface area contributed by atoms with E-state index in [0.717, 1.165) is 16.8 Å². The van der Waals surface area contributed by atoms with Gasteiger partial charge in [-0.15, -0.1) is 0 Å². The second kappa shape index (κ2) is 7.00. The first-order chi connectivity index (χ1) is 10.8. The molecule has 2 N–H and O–H groups in total. The van der Waals surface area contributed by atoms with Crippen LogP contribution in [0.3, 0.4) is 0 Å². The van der Waals surface area contributed by atoms with Gasteiger partial charge in [-0.05, 0) is 50.5 Å². The monoisotopic (exact) mass is 333 g/mol. The predicted octanol–water partition coefficient (Wildman–Crippen LogP) is 3.90. The summed E-state index contributed by atoms with van der Waals surface area (Å²) in [6.45, 7) is 8.00. The molecule has 0 fully saturated rings. The molecule has 23 heavy (non-hydrogen) atoms. The Bertz CT molecular complexity index is 761. The molecule has 0 aliphatic carbocycles. The highest BCUT2D eigenvalue weighted by molar-refractivity contribution is 7.92. The highest BCUT2D eigenvalue weighted by atomic mass is 32.2. The number of aromatic nitrogens is 1. The topological polar surface area (TPSA) is 71.1 Å². The van der Waals surface area contributed by atoms with Gasteiger partial charge in [-0.2, -0.15) is 0 Å². The maximum atomic E-state index is 11.7. The standard InChI is InChI=1S/C17H23N3O2S/c1-5-8-23(21,22)20-15-6-7-16(18-11-15)19-17-13(3)9-12(2)10-14(17)4/h6-7,9-11,20H,5,8H2,1-4H3,(H,18,19). The van der Waals surface area contributed by atoms with E-state index < -0.39 is 10.0 Å². The van der Waals surface area contributed by atoms with E-state index in [0.29, 0.717) is 17.9 Å². The fraction of sp³-hybridized carbons (Fsp3) is 0.353. The molecular formula is C17H23N3O2S. The lowest BCUT2D eigenvalue weighted by Gasteiger charge is -2.14. The summed E-state index contributed by atoms with van der Waals surface area (Å²) in [5.74, 6) is 0.785. The normalized spacial score (nSPS) is 11.3. The summed E-state index contributed by atoms with van der Waals surface area (Å²) in [6, 6.07) is 7.70. The molecule has 5 nitrogen and oxygen atoms in total. The van der Waals surface area contributed by atoms with Crippen LogP contribution in [0.4, 0.5) is 17.2 Å². The van der Waals surface area contributed by atoms with Crippen LogP contribution in [0.2, 0.25) is 0 Å². The van der Waals surface area contributed by atoms with Crippen LogP contribution < -0.4 is 10.0 Å². The van der Waals surface area contributed by atoms with Gasteiger partial charge in [0, 0.05) is 5.69 Å². The molecule has 0 unspecified atom stereocenters. The van der Waals surface area contributed by atoms with Gasteiger partial charge in [0.1, 0.15) is 5.82 Å². The summed E-state index contributed by atoms with van der Waals surface area (Å²) in [7, 11) is -3.29. The van der Waals surface area contributed by atoms with Crippen LogP contribution in [0.1, 0.15) is 30.0 Å². The van der Waals surface area contributed by atoms with E-state index in [2.05, 4.69) is 47.9 Å². The number of benzene rings is 1. The molecule has 2 aromatic rings. The number of hydrogen-bond acceptors (Lipinski definition) is 4. The number of anilines is 3. The molecule has 1 aromatic carbocycles. The molecule has 0 atom stereocenters. The Morgan fingerprint density at radius 3 is 2.26 bits per heavy atom. The van der Waals surface area contributed by atoms with Crippen molar-refractivity contribution in [3.05, 3.63) is 47.2 Å². The molecule has 124 valence electrons. The second-order valence-electron chi connectivity index (χ2n) is 5.75. The van der Waals surface area contributed by atoms with E-state index in [4.69, 9.17) is 0 Å². The lowest BCUT2D eigenvalue weighted by atomic mass is 10.1. The second-order valence-corrected chi connectivity index (χ2v) is 7.59. The van der Waals surface area contributed by atoms with Gasteiger partial charge in [0.05, 0.1) is 17.6 Å². The van der Waals surface area contributed by atoms with Crippen LogP contribution in [0.15, 0.2) is 30.5 Å². The van der Waals surface area contributed by atoms with Crippen molar-refractivity contribution < 1.29 is 8.42 Å². The van der Waals surface area contributed by atoms with Gasteiger partial charge in [-0.1, -0.05) is 24.6 Å². The minimum Gasteiger partial charge on any atom is -0.340 e. The lowest BCUT2D eigenvalue weighted by molar-refractivity contribution is 0.600. The number of pyridine rings is 1. The quantitative estimate of drug-likeness (QED) is 0.841. The van der Waals surface area contributed by atoms with Gasteiger partial charge in [-0.25, -0.2) is 13.4 Å². The minimum absolute atomic E-state index is 0.106. The molecule has 0 amide bonds. The molecule has 1 aromatic heterocycles. The number of nitrogens with zero attached hydrogens (tertiary/aromatic N) is 1.